The van der Waals surface area contributed by atoms with E-state index in [1.54, 1.807) is 0 Å². The molecule has 1 aliphatic heterocycles. The van der Waals surface area contributed by atoms with Crippen molar-refractivity contribution in [2.24, 2.45) is 0 Å². The summed E-state index contributed by atoms with van der Waals surface area (Å²) in [5, 5.41) is 3.39. The van der Waals surface area contributed by atoms with Gasteiger partial charge in [-0.15, -0.1) is 0 Å². The third kappa shape index (κ3) is 3.81. The van der Waals surface area contributed by atoms with E-state index in [0.717, 1.165) is 48.9 Å². The first kappa shape index (κ1) is 19.1. The van der Waals surface area contributed by atoms with Gasteiger partial charge in [-0.1, -0.05) is 25.0 Å². The molecule has 1 saturated carbocycles. The number of rotatable bonds is 6. The summed E-state index contributed by atoms with van der Waals surface area (Å²) >= 11 is 0. The number of ketones is 1. The van der Waals surface area contributed by atoms with Crippen molar-refractivity contribution in [3.63, 3.8) is 0 Å². The van der Waals surface area contributed by atoms with Crippen LogP contribution in [0.4, 0.5) is 11.4 Å². The standard InChI is InChI=1S/C23H31N3O2/c1-17-15-20(18(2)26(17)19-7-3-4-8-19)23(27)16-24-21-9-5-6-10-22(21)25-11-13-28-14-12-25/h5-6,9-10,15,19,24H,3-4,7-8,11-14,16H2,1-2H3. The van der Waals surface area contributed by atoms with Crippen LogP contribution in [-0.2, 0) is 4.74 Å². The van der Waals surface area contributed by atoms with E-state index in [0.29, 0.717) is 12.6 Å². The lowest BCUT2D eigenvalue weighted by Gasteiger charge is -2.30. The zero-order valence-corrected chi connectivity index (χ0v) is 17.0. The number of ether oxygens (including phenoxy) is 1. The van der Waals surface area contributed by atoms with Crippen molar-refractivity contribution >= 4 is 17.2 Å². The molecular formula is C23H31N3O2. The molecule has 2 fully saturated rings. The summed E-state index contributed by atoms with van der Waals surface area (Å²) in [6.07, 6.45) is 5.06. The van der Waals surface area contributed by atoms with Gasteiger partial charge in [-0.05, 0) is 44.9 Å². The average molecular weight is 382 g/mol. The molecule has 2 heterocycles. The number of hydrogen-bond acceptors (Lipinski definition) is 4. The van der Waals surface area contributed by atoms with E-state index >= 15 is 0 Å². The van der Waals surface area contributed by atoms with Gasteiger partial charge in [0.1, 0.15) is 0 Å². The van der Waals surface area contributed by atoms with Crippen molar-refractivity contribution < 1.29 is 9.53 Å². The Labute approximate surface area is 167 Å². The predicted molar refractivity (Wildman–Crippen MR) is 114 cm³/mol. The molecule has 5 heteroatoms. The summed E-state index contributed by atoms with van der Waals surface area (Å²) in [7, 11) is 0. The third-order valence-electron chi connectivity index (χ3n) is 6.17. The number of aromatic nitrogens is 1. The maximum Gasteiger partial charge on any atom is 0.183 e. The van der Waals surface area contributed by atoms with Crippen LogP contribution in [-0.4, -0.2) is 43.2 Å². The molecule has 1 N–H and O–H groups in total. The predicted octanol–water partition coefficient (Wildman–Crippen LogP) is 4.35. The quantitative estimate of drug-likeness (QED) is 0.756. The first-order valence-corrected chi connectivity index (χ1v) is 10.5. The van der Waals surface area contributed by atoms with Crippen molar-refractivity contribution in [2.75, 3.05) is 43.1 Å². The number of benzene rings is 1. The Morgan fingerprint density at radius 1 is 1.14 bits per heavy atom. The van der Waals surface area contributed by atoms with Crippen molar-refractivity contribution in [2.45, 2.75) is 45.6 Å². The number of nitrogens with zero attached hydrogens (tertiary/aromatic N) is 2. The molecule has 1 aliphatic carbocycles. The maximum atomic E-state index is 13.0. The fourth-order valence-corrected chi connectivity index (χ4v) is 4.76. The van der Waals surface area contributed by atoms with Gasteiger partial charge in [0.25, 0.3) is 0 Å². The van der Waals surface area contributed by atoms with E-state index in [2.05, 4.69) is 46.8 Å². The number of aryl methyl sites for hydroxylation is 1. The normalized spacial score (nSPS) is 17.9. The SMILES string of the molecule is Cc1cc(C(=O)CNc2ccccc2N2CCOCC2)c(C)n1C1CCCC1. The molecular weight excluding hydrogens is 350 g/mol. The topological polar surface area (TPSA) is 46.5 Å². The highest BCUT2D eigenvalue weighted by molar-refractivity contribution is 6.00. The lowest BCUT2D eigenvalue weighted by atomic mass is 10.1. The summed E-state index contributed by atoms with van der Waals surface area (Å²) in [5.41, 5.74) is 5.36. The van der Waals surface area contributed by atoms with Gasteiger partial charge in [-0.25, -0.2) is 0 Å². The van der Waals surface area contributed by atoms with Crippen LogP contribution in [0.25, 0.3) is 0 Å². The van der Waals surface area contributed by atoms with Crippen LogP contribution in [0.3, 0.4) is 0 Å². The smallest absolute Gasteiger partial charge is 0.183 e. The molecule has 0 bridgehead atoms. The summed E-state index contributed by atoms with van der Waals surface area (Å²) in [5.74, 6) is 0.161. The van der Waals surface area contributed by atoms with Crippen LogP contribution >= 0.6 is 0 Å². The van der Waals surface area contributed by atoms with E-state index in [9.17, 15) is 4.79 Å². The minimum absolute atomic E-state index is 0.161. The van der Waals surface area contributed by atoms with Crippen LogP contribution in [0.1, 0.15) is 53.5 Å². The average Bonchev–Trinajstić information content (AvgIpc) is 3.34. The number of para-hydroxylation sites is 2. The number of carbonyl (C=O) groups excluding carboxylic acids is 1. The molecule has 0 amide bonds. The van der Waals surface area contributed by atoms with Gasteiger partial charge in [-0.2, -0.15) is 0 Å². The van der Waals surface area contributed by atoms with Crippen LogP contribution in [0, 0.1) is 13.8 Å². The lowest BCUT2D eigenvalue weighted by molar-refractivity contribution is 0.100. The molecule has 5 nitrogen and oxygen atoms in total. The lowest BCUT2D eigenvalue weighted by Crippen LogP contribution is -2.36. The van der Waals surface area contributed by atoms with E-state index in [1.807, 2.05) is 12.1 Å². The fourth-order valence-electron chi connectivity index (χ4n) is 4.76. The summed E-state index contributed by atoms with van der Waals surface area (Å²) in [6.45, 7) is 7.81. The van der Waals surface area contributed by atoms with Gasteiger partial charge in [0.05, 0.1) is 31.1 Å². The third-order valence-corrected chi connectivity index (χ3v) is 6.17. The molecule has 1 saturated heterocycles. The highest BCUT2D eigenvalue weighted by atomic mass is 16.5. The van der Waals surface area contributed by atoms with Crippen LogP contribution in [0.5, 0.6) is 0 Å². The number of nitrogens with one attached hydrogen (secondary N) is 1. The van der Waals surface area contributed by atoms with E-state index in [4.69, 9.17) is 4.74 Å². The highest BCUT2D eigenvalue weighted by Gasteiger charge is 2.23. The molecule has 4 rings (SSSR count). The number of morpholine rings is 1. The van der Waals surface area contributed by atoms with Crippen LogP contribution in [0.15, 0.2) is 30.3 Å². The number of anilines is 2. The van der Waals surface area contributed by atoms with Crippen molar-refractivity contribution in [3.8, 4) is 0 Å². The largest absolute Gasteiger partial charge is 0.378 e. The minimum Gasteiger partial charge on any atom is -0.378 e. The Hall–Kier alpha value is -2.27. The molecule has 150 valence electrons. The molecule has 2 aliphatic rings. The number of Topliss-reactive ketones (excluding diaryl/α,β-unsaturated/α-hetero) is 1. The second-order valence-electron chi connectivity index (χ2n) is 7.99. The summed E-state index contributed by atoms with van der Waals surface area (Å²) in [4.78, 5) is 15.3. The van der Waals surface area contributed by atoms with Gasteiger partial charge >= 0.3 is 0 Å². The van der Waals surface area contributed by atoms with Crippen molar-refractivity contribution in [3.05, 3.63) is 47.3 Å². The van der Waals surface area contributed by atoms with Gasteiger partial charge in [0, 0.05) is 36.1 Å². The molecule has 2 aromatic rings. The van der Waals surface area contributed by atoms with Gasteiger partial charge in [0.15, 0.2) is 5.78 Å². The van der Waals surface area contributed by atoms with Crippen LogP contribution in [0.2, 0.25) is 0 Å². The van der Waals surface area contributed by atoms with Gasteiger partial charge in [-0.3, -0.25) is 4.79 Å². The number of carbonyl (C=O) groups is 1. The first-order valence-electron chi connectivity index (χ1n) is 10.5. The Kier molecular flexibility index (Phi) is 5.72. The zero-order chi connectivity index (χ0) is 19.5. The van der Waals surface area contributed by atoms with E-state index in [1.165, 1.54) is 31.4 Å². The fraction of sp³-hybridized carbons (Fsp3) is 0.522. The second-order valence-corrected chi connectivity index (χ2v) is 7.99. The number of hydrogen-bond donors (Lipinski definition) is 1. The Morgan fingerprint density at radius 3 is 2.61 bits per heavy atom. The molecule has 1 aromatic carbocycles. The molecule has 0 unspecified atom stereocenters. The molecule has 0 radical (unpaired) electrons. The maximum absolute atomic E-state index is 13.0. The highest BCUT2D eigenvalue weighted by Crippen LogP contribution is 2.33. The van der Waals surface area contributed by atoms with Crippen molar-refractivity contribution in [1.82, 2.24) is 4.57 Å². The summed E-state index contributed by atoms with van der Waals surface area (Å²) in [6, 6.07) is 10.9. The monoisotopic (exact) mass is 381 g/mol. The molecule has 0 atom stereocenters. The van der Waals surface area contributed by atoms with E-state index in [-0.39, 0.29) is 5.78 Å². The van der Waals surface area contributed by atoms with Gasteiger partial charge < -0.3 is 19.5 Å². The first-order chi connectivity index (χ1) is 13.6. The Balaban J connectivity index is 1.47. The molecule has 0 spiro atoms. The van der Waals surface area contributed by atoms with E-state index < -0.39 is 0 Å². The zero-order valence-electron chi connectivity index (χ0n) is 17.0. The van der Waals surface area contributed by atoms with Crippen LogP contribution < -0.4 is 10.2 Å². The summed E-state index contributed by atoms with van der Waals surface area (Å²) < 4.78 is 7.86. The minimum atomic E-state index is 0.161. The second kappa shape index (κ2) is 8.39. The van der Waals surface area contributed by atoms with Gasteiger partial charge in [0.2, 0.25) is 0 Å². The molecule has 28 heavy (non-hydrogen) atoms. The Bertz CT molecular complexity index is 830. The molecule has 1 aromatic heterocycles. The van der Waals surface area contributed by atoms with Crippen molar-refractivity contribution in [1.29, 1.82) is 0 Å². The Morgan fingerprint density at radius 2 is 1.86 bits per heavy atom.